The number of rotatable bonds is 5. The molecule has 0 aliphatic heterocycles. The van der Waals surface area contributed by atoms with Gasteiger partial charge in [0.1, 0.15) is 17.9 Å². The molecule has 0 spiro atoms. The van der Waals surface area contributed by atoms with Crippen LogP contribution in [0.25, 0.3) is 0 Å². The standard InChI is InChI=1S/C14H16IN3O/c1-3-12-13(16-4-2)17-9-18-14(12)19-11-7-5-6-10(15)8-11/h5-9H,3-4H2,1-2H3,(H,16,17,18). The summed E-state index contributed by atoms with van der Waals surface area (Å²) in [7, 11) is 0. The zero-order valence-electron chi connectivity index (χ0n) is 11.0. The van der Waals surface area contributed by atoms with Crippen LogP contribution < -0.4 is 10.1 Å². The molecule has 0 unspecified atom stereocenters. The highest BCUT2D eigenvalue weighted by Gasteiger charge is 2.11. The summed E-state index contributed by atoms with van der Waals surface area (Å²) in [4.78, 5) is 8.50. The van der Waals surface area contributed by atoms with E-state index in [9.17, 15) is 0 Å². The second-order valence-electron chi connectivity index (χ2n) is 3.95. The maximum atomic E-state index is 5.87. The van der Waals surface area contributed by atoms with Crippen LogP contribution in [0.3, 0.4) is 0 Å². The van der Waals surface area contributed by atoms with E-state index in [-0.39, 0.29) is 0 Å². The Balaban J connectivity index is 2.31. The van der Waals surface area contributed by atoms with Crippen molar-refractivity contribution in [1.82, 2.24) is 9.97 Å². The van der Waals surface area contributed by atoms with Gasteiger partial charge < -0.3 is 10.1 Å². The monoisotopic (exact) mass is 369 g/mol. The summed E-state index contributed by atoms with van der Waals surface area (Å²) in [6, 6.07) is 7.90. The molecular weight excluding hydrogens is 353 g/mol. The number of anilines is 1. The summed E-state index contributed by atoms with van der Waals surface area (Å²) < 4.78 is 7.01. The molecule has 19 heavy (non-hydrogen) atoms. The molecule has 100 valence electrons. The van der Waals surface area contributed by atoms with Crippen LogP contribution in [0.1, 0.15) is 19.4 Å². The van der Waals surface area contributed by atoms with Crippen molar-refractivity contribution in [3.63, 3.8) is 0 Å². The van der Waals surface area contributed by atoms with Gasteiger partial charge in [-0.3, -0.25) is 0 Å². The van der Waals surface area contributed by atoms with Crippen molar-refractivity contribution >= 4 is 28.4 Å². The van der Waals surface area contributed by atoms with Gasteiger partial charge in [0, 0.05) is 10.1 Å². The minimum atomic E-state index is 0.621. The minimum Gasteiger partial charge on any atom is -0.439 e. The van der Waals surface area contributed by atoms with Crippen LogP contribution in [-0.2, 0) is 6.42 Å². The van der Waals surface area contributed by atoms with Crippen LogP contribution in [0.15, 0.2) is 30.6 Å². The molecule has 0 bridgehead atoms. The summed E-state index contributed by atoms with van der Waals surface area (Å²) in [6.07, 6.45) is 2.35. The molecule has 0 saturated heterocycles. The molecule has 1 N–H and O–H groups in total. The predicted molar refractivity (Wildman–Crippen MR) is 84.8 cm³/mol. The van der Waals surface area contributed by atoms with Gasteiger partial charge in [-0.15, -0.1) is 0 Å². The first-order chi connectivity index (χ1) is 9.24. The van der Waals surface area contributed by atoms with Crippen LogP contribution in [0, 0.1) is 3.57 Å². The minimum absolute atomic E-state index is 0.621. The first-order valence-electron chi connectivity index (χ1n) is 6.25. The molecule has 0 amide bonds. The number of benzene rings is 1. The average Bonchev–Trinajstić information content (AvgIpc) is 2.39. The molecule has 0 saturated carbocycles. The number of nitrogens with zero attached hydrogens (tertiary/aromatic N) is 2. The number of hydrogen-bond acceptors (Lipinski definition) is 4. The Hall–Kier alpha value is -1.37. The quantitative estimate of drug-likeness (QED) is 0.813. The van der Waals surface area contributed by atoms with E-state index in [0.29, 0.717) is 5.88 Å². The van der Waals surface area contributed by atoms with Gasteiger partial charge in [-0.25, -0.2) is 9.97 Å². The fraction of sp³-hybridized carbons (Fsp3) is 0.286. The van der Waals surface area contributed by atoms with Crippen LogP contribution in [0.5, 0.6) is 11.6 Å². The van der Waals surface area contributed by atoms with Crippen molar-refractivity contribution in [1.29, 1.82) is 0 Å². The molecule has 0 atom stereocenters. The van der Waals surface area contributed by atoms with E-state index in [0.717, 1.165) is 33.7 Å². The molecule has 2 aromatic rings. The zero-order chi connectivity index (χ0) is 13.7. The van der Waals surface area contributed by atoms with Crippen molar-refractivity contribution in [2.75, 3.05) is 11.9 Å². The van der Waals surface area contributed by atoms with Gasteiger partial charge in [-0.05, 0) is 54.1 Å². The highest BCUT2D eigenvalue weighted by Crippen LogP contribution is 2.27. The summed E-state index contributed by atoms with van der Waals surface area (Å²) in [5.74, 6) is 2.26. The fourth-order valence-corrected chi connectivity index (χ4v) is 2.28. The van der Waals surface area contributed by atoms with Crippen LogP contribution >= 0.6 is 22.6 Å². The molecule has 4 nitrogen and oxygen atoms in total. The molecule has 0 aliphatic carbocycles. The van der Waals surface area contributed by atoms with Crippen molar-refractivity contribution in [2.24, 2.45) is 0 Å². The Kier molecular flexibility index (Phi) is 4.95. The van der Waals surface area contributed by atoms with Gasteiger partial charge in [-0.2, -0.15) is 0 Å². The normalized spacial score (nSPS) is 10.3. The average molecular weight is 369 g/mol. The van der Waals surface area contributed by atoms with E-state index < -0.39 is 0 Å². The van der Waals surface area contributed by atoms with Crippen molar-refractivity contribution in [3.05, 3.63) is 39.7 Å². The number of ether oxygens (including phenoxy) is 1. The SMILES string of the molecule is CCNc1ncnc(Oc2cccc(I)c2)c1CC. The van der Waals surface area contributed by atoms with Crippen molar-refractivity contribution in [3.8, 4) is 11.6 Å². The Morgan fingerprint density at radius 2 is 2.11 bits per heavy atom. The second kappa shape index (κ2) is 6.70. The van der Waals surface area contributed by atoms with Gasteiger partial charge in [0.15, 0.2) is 0 Å². The van der Waals surface area contributed by atoms with Gasteiger partial charge in [0.2, 0.25) is 5.88 Å². The van der Waals surface area contributed by atoms with E-state index >= 15 is 0 Å². The summed E-state index contributed by atoms with van der Waals surface area (Å²) >= 11 is 2.26. The molecule has 0 aliphatic rings. The van der Waals surface area contributed by atoms with Crippen LogP contribution in [0.2, 0.25) is 0 Å². The summed E-state index contributed by atoms with van der Waals surface area (Å²) in [6.45, 7) is 4.94. The lowest BCUT2D eigenvalue weighted by Crippen LogP contribution is -2.05. The van der Waals surface area contributed by atoms with Gasteiger partial charge in [0.25, 0.3) is 0 Å². The van der Waals surface area contributed by atoms with Crippen molar-refractivity contribution in [2.45, 2.75) is 20.3 Å². The Labute approximate surface area is 126 Å². The first-order valence-corrected chi connectivity index (χ1v) is 7.33. The van der Waals surface area contributed by atoms with Gasteiger partial charge in [-0.1, -0.05) is 13.0 Å². The molecule has 1 heterocycles. The third-order valence-electron chi connectivity index (χ3n) is 2.61. The molecular formula is C14H16IN3O. The molecule has 0 fully saturated rings. The molecule has 2 rings (SSSR count). The molecule has 1 aromatic heterocycles. The van der Waals surface area contributed by atoms with E-state index in [1.54, 1.807) is 0 Å². The van der Waals surface area contributed by atoms with Crippen molar-refractivity contribution < 1.29 is 4.74 Å². The Morgan fingerprint density at radius 3 is 2.79 bits per heavy atom. The van der Waals surface area contributed by atoms with E-state index in [1.165, 1.54) is 6.33 Å². The van der Waals surface area contributed by atoms with Crippen LogP contribution in [-0.4, -0.2) is 16.5 Å². The number of aromatic nitrogens is 2. The highest BCUT2D eigenvalue weighted by molar-refractivity contribution is 14.1. The third-order valence-corrected chi connectivity index (χ3v) is 3.29. The zero-order valence-corrected chi connectivity index (χ0v) is 13.1. The largest absolute Gasteiger partial charge is 0.439 e. The third kappa shape index (κ3) is 3.56. The van der Waals surface area contributed by atoms with Gasteiger partial charge >= 0.3 is 0 Å². The maximum absolute atomic E-state index is 5.87. The maximum Gasteiger partial charge on any atom is 0.227 e. The van der Waals surface area contributed by atoms with Crippen LogP contribution in [0.4, 0.5) is 5.82 Å². The number of hydrogen-bond donors (Lipinski definition) is 1. The second-order valence-corrected chi connectivity index (χ2v) is 5.19. The Morgan fingerprint density at radius 1 is 1.26 bits per heavy atom. The lowest BCUT2D eigenvalue weighted by atomic mass is 10.2. The summed E-state index contributed by atoms with van der Waals surface area (Å²) in [5, 5.41) is 3.23. The molecule has 0 radical (unpaired) electrons. The van der Waals surface area contributed by atoms with E-state index in [1.807, 2.05) is 31.2 Å². The smallest absolute Gasteiger partial charge is 0.227 e. The first kappa shape index (κ1) is 14.0. The lowest BCUT2D eigenvalue weighted by molar-refractivity contribution is 0.455. The molecule has 5 heteroatoms. The summed E-state index contributed by atoms with van der Waals surface area (Å²) in [5.41, 5.74) is 1.00. The predicted octanol–water partition coefficient (Wildman–Crippen LogP) is 3.87. The molecule has 1 aromatic carbocycles. The fourth-order valence-electron chi connectivity index (χ4n) is 1.76. The van der Waals surface area contributed by atoms with Gasteiger partial charge in [0.05, 0.1) is 5.56 Å². The highest BCUT2D eigenvalue weighted by atomic mass is 127. The Bertz CT molecular complexity index is 560. The van der Waals surface area contributed by atoms with E-state index in [4.69, 9.17) is 4.74 Å². The number of halogens is 1. The number of nitrogens with one attached hydrogen (secondary N) is 1. The topological polar surface area (TPSA) is 47.0 Å². The van der Waals surface area contributed by atoms with E-state index in [2.05, 4.69) is 44.8 Å². The lowest BCUT2D eigenvalue weighted by Gasteiger charge is -2.12.